The van der Waals surface area contributed by atoms with Gasteiger partial charge < -0.3 is 4.74 Å². The molecule has 0 heterocycles. The predicted octanol–water partition coefficient (Wildman–Crippen LogP) is 6.68. The first-order valence-corrected chi connectivity index (χ1v) is 16.4. The summed E-state index contributed by atoms with van der Waals surface area (Å²) in [5.74, 6) is 14.6. The zero-order valence-electron chi connectivity index (χ0n) is 22.3. The normalized spacial score (nSPS) is 15.3. The minimum Gasteiger partial charge on any atom is -0.365 e. The topological polar surface area (TPSA) is 26.3 Å². The Balaban J connectivity index is 1.30. The number of hydrogen-bond acceptors (Lipinski definition) is 2. The standard InChI is InChI=1S/C35H32O2Si/c1-38(2,3)27-24-34(36)33-23-13-12-17-29(33)16-7-6-14-25-37-26-15-22-32-28-35(32,30-18-8-4-9-19-30)31-20-10-5-11-21-31/h4-5,8-13,15,17-23,32H,25-26,28H2,1-3H3/b22-15+. The van der Waals surface area contributed by atoms with Crippen LogP contribution in [0.4, 0.5) is 0 Å². The maximum Gasteiger partial charge on any atom is 0.236 e. The fourth-order valence-corrected chi connectivity index (χ4v) is 4.99. The zero-order valence-corrected chi connectivity index (χ0v) is 23.3. The van der Waals surface area contributed by atoms with E-state index in [9.17, 15) is 4.79 Å². The lowest BCUT2D eigenvalue weighted by Crippen LogP contribution is -2.17. The summed E-state index contributed by atoms with van der Waals surface area (Å²) in [5, 5.41) is 0. The molecule has 1 saturated carbocycles. The Labute approximate surface area is 228 Å². The number of allylic oxidation sites excluding steroid dienone is 1. The quantitative estimate of drug-likeness (QED) is 0.116. The van der Waals surface area contributed by atoms with Crippen molar-refractivity contribution in [3.63, 3.8) is 0 Å². The van der Waals surface area contributed by atoms with Crippen LogP contribution in [-0.4, -0.2) is 27.1 Å². The molecule has 1 fully saturated rings. The molecule has 38 heavy (non-hydrogen) atoms. The molecule has 3 aromatic carbocycles. The number of ketones is 1. The van der Waals surface area contributed by atoms with Crippen LogP contribution in [0.3, 0.4) is 0 Å². The summed E-state index contributed by atoms with van der Waals surface area (Å²) in [7, 11) is -1.62. The van der Waals surface area contributed by atoms with E-state index in [0.29, 0.717) is 30.3 Å². The Hall–Kier alpha value is -4.07. The molecule has 0 radical (unpaired) electrons. The van der Waals surface area contributed by atoms with Crippen molar-refractivity contribution in [2.24, 2.45) is 5.92 Å². The van der Waals surface area contributed by atoms with Gasteiger partial charge in [-0.25, -0.2) is 0 Å². The third-order valence-corrected chi connectivity index (χ3v) is 7.30. The van der Waals surface area contributed by atoms with Crippen LogP contribution in [-0.2, 0) is 10.2 Å². The Morgan fingerprint density at radius 3 is 2.21 bits per heavy atom. The van der Waals surface area contributed by atoms with Crippen LogP contribution in [0.2, 0.25) is 19.6 Å². The second kappa shape index (κ2) is 12.4. The van der Waals surface area contributed by atoms with Gasteiger partial charge >= 0.3 is 0 Å². The van der Waals surface area contributed by atoms with E-state index >= 15 is 0 Å². The molecular weight excluding hydrogens is 480 g/mol. The van der Waals surface area contributed by atoms with Crippen molar-refractivity contribution in [1.82, 2.24) is 0 Å². The van der Waals surface area contributed by atoms with Gasteiger partial charge in [0.1, 0.15) is 14.7 Å². The monoisotopic (exact) mass is 512 g/mol. The van der Waals surface area contributed by atoms with Crippen molar-refractivity contribution in [3.05, 3.63) is 119 Å². The number of carbonyl (C=O) groups is 1. The first kappa shape index (κ1) is 27.0. The number of hydrogen-bond donors (Lipinski definition) is 0. The summed E-state index contributed by atoms with van der Waals surface area (Å²) in [5.41, 5.74) is 7.05. The van der Waals surface area contributed by atoms with Crippen LogP contribution in [0.1, 0.15) is 33.5 Å². The van der Waals surface area contributed by atoms with Gasteiger partial charge in [-0.05, 0) is 53.4 Å². The molecule has 0 amide bonds. The molecule has 4 rings (SSSR count). The molecule has 1 atom stereocenters. The van der Waals surface area contributed by atoms with Crippen LogP contribution in [0, 0.1) is 41.1 Å². The minimum absolute atomic E-state index is 0.0480. The van der Waals surface area contributed by atoms with Gasteiger partial charge in [-0.2, -0.15) is 0 Å². The molecule has 0 spiro atoms. The molecule has 0 aromatic heterocycles. The molecule has 3 aromatic rings. The maximum absolute atomic E-state index is 12.5. The lowest BCUT2D eigenvalue weighted by Gasteiger charge is -2.18. The Bertz CT molecular complexity index is 1440. The van der Waals surface area contributed by atoms with Gasteiger partial charge in [-0.3, -0.25) is 4.79 Å². The highest BCUT2D eigenvalue weighted by Crippen LogP contribution is 2.59. The van der Waals surface area contributed by atoms with E-state index in [-0.39, 0.29) is 11.2 Å². The van der Waals surface area contributed by atoms with Gasteiger partial charge in [0.2, 0.25) is 5.78 Å². The molecule has 1 unspecified atom stereocenters. The first-order valence-electron chi connectivity index (χ1n) is 12.9. The lowest BCUT2D eigenvalue weighted by molar-refractivity contribution is 0.105. The summed E-state index contributed by atoms with van der Waals surface area (Å²) in [6.45, 7) is 7.14. The average molecular weight is 513 g/mol. The van der Waals surface area contributed by atoms with E-state index in [1.165, 1.54) is 11.1 Å². The molecule has 188 valence electrons. The highest BCUT2D eigenvalue weighted by Gasteiger charge is 2.54. The van der Waals surface area contributed by atoms with Gasteiger partial charge in [0.05, 0.1) is 6.61 Å². The summed E-state index contributed by atoms with van der Waals surface area (Å²) < 4.78 is 5.67. The van der Waals surface area contributed by atoms with E-state index in [4.69, 9.17) is 4.74 Å². The lowest BCUT2D eigenvalue weighted by atomic mass is 9.85. The highest BCUT2D eigenvalue weighted by molar-refractivity contribution is 6.84. The van der Waals surface area contributed by atoms with E-state index in [1.807, 2.05) is 18.2 Å². The summed E-state index contributed by atoms with van der Waals surface area (Å²) in [6.07, 6.45) is 5.46. The molecule has 2 nitrogen and oxygen atoms in total. The van der Waals surface area contributed by atoms with Crippen molar-refractivity contribution in [2.75, 3.05) is 13.2 Å². The Kier molecular flexibility index (Phi) is 8.84. The third-order valence-electron chi connectivity index (χ3n) is 6.42. The molecule has 0 N–H and O–H groups in total. The van der Waals surface area contributed by atoms with Crippen molar-refractivity contribution in [2.45, 2.75) is 31.5 Å². The summed E-state index contributed by atoms with van der Waals surface area (Å²) in [4.78, 5) is 12.5. The van der Waals surface area contributed by atoms with Crippen LogP contribution in [0.5, 0.6) is 0 Å². The second-order valence-electron chi connectivity index (χ2n) is 10.4. The fraction of sp³-hybridized carbons (Fsp3) is 0.229. The number of carbonyl (C=O) groups excluding carboxylic acids is 1. The Morgan fingerprint density at radius 1 is 0.921 bits per heavy atom. The molecule has 0 bridgehead atoms. The van der Waals surface area contributed by atoms with Crippen molar-refractivity contribution < 1.29 is 9.53 Å². The van der Waals surface area contributed by atoms with Gasteiger partial charge in [-0.15, -0.1) is 5.54 Å². The van der Waals surface area contributed by atoms with Gasteiger partial charge in [0.25, 0.3) is 0 Å². The Morgan fingerprint density at radius 2 is 1.55 bits per heavy atom. The zero-order chi connectivity index (χ0) is 26.8. The molecule has 1 aliphatic rings. The third kappa shape index (κ3) is 7.03. The number of benzene rings is 3. The van der Waals surface area contributed by atoms with Crippen LogP contribution in [0.25, 0.3) is 0 Å². The SMILES string of the molecule is C[Si](C)(C)C#CC(=O)c1ccccc1C#CC#CCOC/C=C/C1CC1(c1ccccc1)c1ccccc1. The molecule has 1 aliphatic carbocycles. The van der Waals surface area contributed by atoms with Gasteiger partial charge in [0, 0.05) is 16.5 Å². The largest absolute Gasteiger partial charge is 0.365 e. The predicted molar refractivity (Wildman–Crippen MR) is 158 cm³/mol. The maximum atomic E-state index is 12.5. The molecule has 0 aliphatic heterocycles. The second-order valence-corrected chi connectivity index (χ2v) is 15.1. The van der Waals surface area contributed by atoms with E-state index in [2.05, 4.69) is 128 Å². The first-order chi connectivity index (χ1) is 18.4. The van der Waals surface area contributed by atoms with Gasteiger partial charge in [-0.1, -0.05) is 116 Å². The molecule has 0 saturated heterocycles. The number of Topliss-reactive ketones (excluding diaryl/α,β-unsaturated/α-hetero) is 1. The van der Waals surface area contributed by atoms with E-state index in [1.54, 1.807) is 6.07 Å². The summed E-state index contributed by atoms with van der Waals surface area (Å²) >= 11 is 0. The smallest absolute Gasteiger partial charge is 0.236 e. The van der Waals surface area contributed by atoms with Gasteiger partial charge in [0.15, 0.2) is 0 Å². The van der Waals surface area contributed by atoms with Crippen molar-refractivity contribution >= 4 is 13.9 Å². The minimum atomic E-state index is -1.62. The van der Waals surface area contributed by atoms with Crippen LogP contribution in [0.15, 0.2) is 97.1 Å². The van der Waals surface area contributed by atoms with Crippen LogP contribution >= 0.6 is 0 Å². The van der Waals surface area contributed by atoms with Crippen LogP contribution < -0.4 is 0 Å². The molecular formula is C35H32O2Si. The summed E-state index contributed by atoms with van der Waals surface area (Å²) in [6, 6.07) is 28.8. The van der Waals surface area contributed by atoms with E-state index < -0.39 is 8.07 Å². The molecule has 3 heteroatoms. The van der Waals surface area contributed by atoms with E-state index in [0.717, 1.165) is 6.42 Å². The fourth-order valence-electron chi connectivity index (χ4n) is 4.50. The number of rotatable bonds is 7. The highest BCUT2D eigenvalue weighted by atomic mass is 28.3. The van der Waals surface area contributed by atoms with Crippen molar-refractivity contribution in [3.8, 4) is 35.1 Å². The average Bonchev–Trinajstić information content (AvgIpc) is 3.67. The van der Waals surface area contributed by atoms with Crippen molar-refractivity contribution in [1.29, 1.82) is 0 Å². The number of ether oxygens (including phenoxy) is 1.